The van der Waals surface area contributed by atoms with Gasteiger partial charge in [0.25, 0.3) is 0 Å². The van der Waals surface area contributed by atoms with Gasteiger partial charge in [-0.1, -0.05) is 17.3 Å². The van der Waals surface area contributed by atoms with Crippen LogP contribution < -0.4 is 10.1 Å². The Bertz CT molecular complexity index is 416. The Morgan fingerprint density at radius 1 is 1.47 bits per heavy atom. The first-order valence-electron chi connectivity index (χ1n) is 5.30. The molecule has 5 nitrogen and oxygen atoms in total. The number of nitrogens with one attached hydrogen (secondary N) is 1. The molecular formula is C12H16N2O3. The van der Waals surface area contributed by atoms with Crippen molar-refractivity contribution in [1.29, 1.82) is 0 Å². The minimum absolute atomic E-state index is 0.0740. The molecule has 92 valence electrons. The first-order valence-corrected chi connectivity index (χ1v) is 5.30. The standard InChI is InChI=1S/C12H16N2O3/c1-9(14-16)10-5-3-4-6-11(10)17-8-7-12(15)13-2/h3-6,16H,7-8H2,1-2H3,(H,13,15). The Balaban J connectivity index is 2.68. The van der Waals surface area contributed by atoms with Crippen LogP contribution in [-0.4, -0.2) is 30.5 Å². The van der Waals surface area contributed by atoms with Crippen LogP contribution in [0, 0.1) is 0 Å². The number of benzene rings is 1. The topological polar surface area (TPSA) is 70.9 Å². The molecule has 0 aliphatic rings. The second-order valence-corrected chi connectivity index (χ2v) is 3.45. The number of carbonyl (C=O) groups excluding carboxylic acids is 1. The molecule has 0 atom stereocenters. The average molecular weight is 236 g/mol. The molecule has 1 aromatic carbocycles. The lowest BCUT2D eigenvalue weighted by Gasteiger charge is -2.10. The lowest BCUT2D eigenvalue weighted by molar-refractivity contribution is -0.121. The Hall–Kier alpha value is -2.04. The van der Waals surface area contributed by atoms with Crippen LogP contribution in [0.2, 0.25) is 0 Å². The summed E-state index contributed by atoms with van der Waals surface area (Å²) in [5.41, 5.74) is 1.19. The summed E-state index contributed by atoms with van der Waals surface area (Å²) >= 11 is 0. The molecule has 0 aromatic heterocycles. The summed E-state index contributed by atoms with van der Waals surface area (Å²) in [5, 5.41) is 14.4. The third-order valence-corrected chi connectivity index (χ3v) is 2.29. The summed E-state index contributed by atoms with van der Waals surface area (Å²) in [5.74, 6) is 0.529. The predicted octanol–water partition coefficient (Wildman–Crippen LogP) is 1.40. The Kier molecular flexibility index (Phi) is 5.00. The van der Waals surface area contributed by atoms with Gasteiger partial charge in [-0.3, -0.25) is 4.79 Å². The van der Waals surface area contributed by atoms with Crippen molar-refractivity contribution in [1.82, 2.24) is 5.32 Å². The maximum Gasteiger partial charge on any atom is 0.223 e. The van der Waals surface area contributed by atoms with Crippen LogP contribution in [0.25, 0.3) is 0 Å². The fraction of sp³-hybridized carbons (Fsp3) is 0.333. The van der Waals surface area contributed by atoms with Crippen molar-refractivity contribution in [2.75, 3.05) is 13.7 Å². The summed E-state index contributed by atoms with van der Waals surface area (Å²) < 4.78 is 5.48. The van der Waals surface area contributed by atoms with E-state index in [0.29, 0.717) is 23.4 Å². The zero-order valence-electron chi connectivity index (χ0n) is 9.93. The van der Waals surface area contributed by atoms with Crippen LogP contribution >= 0.6 is 0 Å². The van der Waals surface area contributed by atoms with Crippen LogP contribution in [0.5, 0.6) is 5.75 Å². The van der Waals surface area contributed by atoms with E-state index in [4.69, 9.17) is 9.94 Å². The Labute approximate surface area is 100 Å². The normalized spacial score (nSPS) is 11.1. The van der Waals surface area contributed by atoms with Crippen molar-refractivity contribution in [3.8, 4) is 5.75 Å². The second-order valence-electron chi connectivity index (χ2n) is 3.45. The van der Waals surface area contributed by atoms with E-state index in [1.807, 2.05) is 12.1 Å². The average Bonchev–Trinajstić information content (AvgIpc) is 2.38. The van der Waals surface area contributed by atoms with Gasteiger partial charge in [-0.2, -0.15) is 0 Å². The first-order chi connectivity index (χ1) is 8.19. The highest BCUT2D eigenvalue weighted by atomic mass is 16.5. The minimum Gasteiger partial charge on any atom is -0.492 e. The van der Waals surface area contributed by atoms with E-state index in [2.05, 4.69) is 10.5 Å². The molecule has 0 radical (unpaired) electrons. The third kappa shape index (κ3) is 3.79. The van der Waals surface area contributed by atoms with E-state index in [0.717, 1.165) is 0 Å². The molecule has 2 N–H and O–H groups in total. The van der Waals surface area contributed by atoms with E-state index >= 15 is 0 Å². The molecule has 5 heteroatoms. The Morgan fingerprint density at radius 3 is 2.82 bits per heavy atom. The van der Waals surface area contributed by atoms with Crippen molar-refractivity contribution in [2.45, 2.75) is 13.3 Å². The van der Waals surface area contributed by atoms with Crippen molar-refractivity contribution >= 4 is 11.6 Å². The van der Waals surface area contributed by atoms with E-state index in [1.165, 1.54) is 0 Å². The molecule has 0 saturated heterocycles. The van der Waals surface area contributed by atoms with Crippen molar-refractivity contribution in [3.63, 3.8) is 0 Å². The van der Waals surface area contributed by atoms with Gasteiger partial charge in [-0.25, -0.2) is 0 Å². The number of hydrogen-bond acceptors (Lipinski definition) is 4. The number of ether oxygens (including phenoxy) is 1. The molecule has 0 aliphatic heterocycles. The molecule has 1 rings (SSSR count). The van der Waals surface area contributed by atoms with Crippen molar-refractivity contribution < 1.29 is 14.7 Å². The minimum atomic E-state index is -0.0740. The van der Waals surface area contributed by atoms with Gasteiger partial charge in [0.05, 0.1) is 18.7 Å². The molecule has 1 aromatic rings. The zero-order chi connectivity index (χ0) is 12.7. The van der Waals surface area contributed by atoms with Crippen molar-refractivity contribution in [3.05, 3.63) is 29.8 Å². The smallest absolute Gasteiger partial charge is 0.223 e. The molecule has 0 unspecified atom stereocenters. The molecule has 0 heterocycles. The molecular weight excluding hydrogens is 220 g/mol. The zero-order valence-corrected chi connectivity index (χ0v) is 9.93. The molecule has 0 bridgehead atoms. The number of nitrogens with zero attached hydrogens (tertiary/aromatic N) is 1. The van der Waals surface area contributed by atoms with Gasteiger partial charge in [0.2, 0.25) is 5.91 Å². The fourth-order valence-electron chi connectivity index (χ4n) is 1.32. The summed E-state index contributed by atoms with van der Waals surface area (Å²) in [7, 11) is 1.58. The Morgan fingerprint density at radius 2 is 2.18 bits per heavy atom. The van der Waals surface area contributed by atoms with Crippen LogP contribution in [0.1, 0.15) is 18.9 Å². The number of hydrogen-bond donors (Lipinski definition) is 2. The predicted molar refractivity (Wildman–Crippen MR) is 64.6 cm³/mol. The highest BCUT2D eigenvalue weighted by Gasteiger charge is 2.07. The van der Waals surface area contributed by atoms with Crippen LogP contribution in [0.15, 0.2) is 29.4 Å². The SMILES string of the molecule is CNC(=O)CCOc1ccccc1C(C)=NO. The quantitative estimate of drug-likeness (QED) is 0.461. The van der Waals surface area contributed by atoms with Gasteiger partial charge in [0.1, 0.15) is 5.75 Å². The van der Waals surface area contributed by atoms with Crippen LogP contribution in [0.4, 0.5) is 0 Å². The highest BCUT2D eigenvalue weighted by molar-refractivity contribution is 6.00. The van der Waals surface area contributed by atoms with E-state index in [-0.39, 0.29) is 12.5 Å². The molecule has 0 spiro atoms. The lowest BCUT2D eigenvalue weighted by atomic mass is 10.1. The van der Waals surface area contributed by atoms with Gasteiger partial charge in [-0.05, 0) is 19.1 Å². The van der Waals surface area contributed by atoms with Crippen LogP contribution in [-0.2, 0) is 4.79 Å². The van der Waals surface area contributed by atoms with E-state index in [9.17, 15) is 4.79 Å². The van der Waals surface area contributed by atoms with Gasteiger partial charge in [0, 0.05) is 12.6 Å². The van der Waals surface area contributed by atoms with Gasteiger partial charge in [0.15, 0.2) is 0 Å². The molecule has 0 aliphatic carbocycles. The summed E-state index contributed by atoms with van der Waals surface area (Å²) in [4.78, 5) is 11.0. The third-order valence-electron chi connectivity index (χ3n) is 2.29. The highest BCUT2D eigenvalue weighted by Crippen LogP contribution is 2.18. The largest absolute Gasteiger partial charge is 0.492 e. The summed E-state index contributed by atoms with van der Waals surface area (Å²) in [6.07, 6.45) is 0.292. The molecule has 17 heavy (non-hydrogen) atoms. The second kappa shape index (κ2) is 6.52. The summed E-state index contributed by atoms with van der Waals surface area (Å²) in [6, 6.07) is 7.22. The molecule has 0 fully saturated rings. The van der Waals surface area contributed by atoms with Gasteiger partial charge >= 0.3 is 0 Å². The van der Waals surface area contributed by atoms with Crippen molar-refractivity contribution in [2.24, 2.45) is 5.16 Å². The van der Waals surface area contributed by atoms with Gasteiger partial charge < -0.3 is 15.3 Å². The lowest BCUT2D eigenvalue weighted by Crippen LogP contribution is -2.20. The van der Waals surface area contributed by atoms with E-state index < -0.39 is 0 Å². The number of amides is 1. The van der Waals surface area contributed by atoms with E-state index in [1.54, 1.807) is 26.1 Å². The maximum atomic E-state index is 11.0. The van der Waals surface area contributed by atoms with Gasteiger partial charge in [-0.15, -0.1) is 0 Å². The number of oxime groups is 1. The number of rotatable bonds is 5. The number of carbonyl (C=O) groups is 1. The fourth-order valence-corrected chi connectivity index (χ4v) is 1.32. The summed E-state index contributed by atoms with van der Waals surface area (Å²) in [6.45, 7) is 1.97. The first kappa shape index (κ1) is 13.0. The molecule has 1 amide bonds. The van der Waals surface area contributed by atoms with Crippen LogP contribution in [0.3, 0.4) is 0 Å². The molecule has 0 saturated carbocycles. The maximum absolute atomic E-state index is 11.0. The number of para-hydroxylation sites is 1. The monoisotopic (exact) mass is 236 g/mol.